The third-order valence-corrected chi connectivity index (χ3v) is 6.50. The zero-order valence-electron chi connectivity index (χ0n) is 21.3. The molecule has 5 rings (SSSR count). The molecule has 1 aliphatic rings. The van der Waals surface area contributed by atoms with Crippen LogP contribution in [-0.2, 0) is 11.3 Å². The molecule has 38 heavy (non-hydrogen) atoms. The molecule has 5 heterocycles. The molecule has 196 valence electrons. The van der Waals surface area contributed by atoms with Gasteiger partial charge in [-0.2, -0.15) is 9.65 Å². The number of nitriles is 1. The van der Waals surface area contributed by atoms with Crippen LogP contribution in [0.25, 0.3) is 16.6 Å². The van der Waals surface area contributed by atoms with Crippen molar-refractivity contribution in [2.24, 2.45) is 0 Å². The molecule has 0 aromatic carbocycles. The third-order valence-electron chi connectivity index (χ3n) is 6.50. The highest BCUT2D eigenvalue weighted by atomic mass is 19.1. The van der Waals surface area contributed by atoms with Gasteiger partial charge in [0.25, 0.3) is 5.95 Å². The molecule has 10 nitrogen and oxygen atoms in total. The Morgan fingerprint density at radius 3 is 2.53 bits per heavy atom. The second-order valence-electron chi connectivity index (χ2n) is 8.88. The lowest BCUT2D eigenvalue weighted by Crippen LogP contribution is -2.46. The number of pyridine rings is 3. The molecule has 0 saturated carbocycles. The van der Waals surface area contributed by atoms with Gasteiger partial charge in [0.1, 0.15) is 29.8 Å². The Kier molecular flexibility index (Phi) is 7.62. The summed E-state index contributed by atoms with van der Waals surface area (Å²) < 4.78 is 31.7. The highest BCUT2D eigenvalue weighted by Gasteiger charge is 2.21. The Hall–Kier alpha value is -4.27. The molecule has 1 fully saturated rings. The molecule has 0 radical (unpaired) electrons. The van der Waals surface area contributed by atoms with Gasteiger partial charge in [0.15, 0.2) is 0 Å². The molecule has 4 aromatic rings. The summed E-state index contributed by atoms with van der Waals surface area (Å²) in [5.41, 5.74) is 2.76. The minimum Gasteiger partial charge on any atom is -0.490 e. The smallest absolute Gasteiger partial charge is 0.251 e. The van der Waals surface area contributed by atoms with Gasteiger partial charge in [0, 0.05) is 69.4 Å². The lowest BCUT2D eigenvalue weighted by atomic mass is 10.1. The number of nitrogens with zero attached hydrogens (tertiary/aromatic N) is 7. The first-order valence-corrected chi connectivity index (χ1v) is 12.3. The van der Waals surface area contributed by atoms with E-state index >= 15 is 0 Å². The summed E-state index contributed by atoms with van der Waals surface area (Å²) in [6, 6.07) is 11.5. The first-order chi connectivity index (χ1) is 18.6. The Morgan fingerprint density at radius 2 is 1.87 bits per heavy atom. The fraction of sp³-hybridized carbons (Fsp3) is 0.333. The maximum atomic E-state index is 14.4. The summed E-state index contributed by atoms with van der Waals surface area (Å²) in [5.74, 6) is 1.14. The van der Waals surface area contributed by atoms with Gasteiger partial charge in [-0.05, 0) is 23.8 Å². The summed E-state index contributed by atoms with van der Waals surface area (Å²) >= 11 is 0. The molecule has 0 N–H and O–H groups in total. The van der Waals surface area contributed by atoms with Crippen molar-refractivity contribution in [3.05, 3.63) is 66.0 Å². The normalized spacial score (nSPS) is 14.0. The number of hydrogen-bond acceptors (Lipinski definition) is 9. The first-order valence-electron chi connectivity index (χ1n) is 12.3. The van der Waals surface area contributed by atoms with Gasteiger partial charge in [-0.1, -0.05) is 6.07 Å². The van der Waals surface area contributed by atoms with Crippen LogP contribution in [0.4, 0.5) is 10.2 Å². The van der Waals surface area contributed by atoms with E-state index in [0.717, 1.165) is 49.7 Å². The van der Waals surface area contributed by atoms with Gasteiger partial charge < -0.3 is 19.1 Å². The molecule has 0 unspecified atom stereocenters. The summed E-state index contributed by atoms with van der Waals surface area (Å²) in [6.45, 7) is 5.05. The minimum atomic E-state index is -0.823. The molecular weight excluding hydrogens is 489 g/mol. The van der Waals surface area contributed by atoms with E-state index in [0.29, 0.717) is 35.9 Å². The van der Waals surface area contributed by atoms with Crippen molar-refractivity contribution in [3.63, 3.8) is 0 Å². The van der Waals surface area contributed by atoms with Gasteiger partial charge in [-0.25, -0.2) is 14.5 Å². The molecule has 1 aliphatic heterocycles. The predicted molar refractivity (Wildman–Crippen MR) is 139 cm³/mol. The van der Waals surface area contributed by atoms with Crippen LogP contribution in [0.15, 0.2) is 48.9 Å². The lowest BCUT2D eigenvalue weighted by molar-refractivity contribution is 0.146. The summed E-state index contributed by atoms with van der Waals surface area (Å²) in [6.07, 6.45) is 5.15. The number of halogens is 1. The molecule has 1 saturated heterocycles. The fourth-order valence-electron chi connectivity index (χ4n) is 4.52. The predicted octanol–water partition coefficient (Wildman–Crippen LogP) is 3.16. The molecule has 4 aromatic heterocycles. The molecule has 0 spiro atoms. The fourth-order valence-corrected chi connectivity index (χ4v) is 4.52. The summed E-state index contributed by atoms with van der Waals surface area (Å²) in [4.78, 5) is 13.6. The average Bonchev–Trinajstić information content (AvgIpc) is 3.28. The third kappa shape index (κ3) is 5.37. The van der Waals surface area contributed by atoms with Crippen LogP contribution >= 0.6 is 0 Å². The second-order valence-corrected chi connectivity index (χ2v) is 8.88. The van der Waals surface area contributed by atoms with Crippen molar-refractivity contribution in [2.45, 2.75) is 6.54 Å². The highest BCUT2D eigenvalue weighted by Crippen LogP contribution is 2.32. The number of ether oxygens (including phenoxy) is 3. The van der Waals surface area contributed by atoms with Gasteiger partial charge in [0.2, 0.25) is 5.88 Å². The number of piperazine rings is 1. The van der Waals surface area contributed by atoms with E-state index in [2.05, 4.69) is 19.9 Å². The van der Waals surface area contributed by atoms with Gasteiger partial charge in [-0.3, -0.25) is 4.90 Å². The van der Waals surface area contributed by atoms with Crippen LogP contribution in [0.3, 0.4) is 0 Å². The Balaban J connectivity index is 1.31. The van der Waals surface area contributed by atoms with Gasteiger partial charge >= 0.3 is 0 Å². The van der Waals surface area contributed by atoms with Crippen LogP contribution < -0.4 is 14.4 Å². The van der Waals surface area contributed by atoms with Crippen LogP contribution in [0.2, 0.25) is 0 Å². The zero-order valence-corrected chi connectivity index (χ0v) is 21.3. The summed E-state index contributed by atoms with van der Waals surface area (Å²) in [5, 5.41) is 13.4. The molecule has 0 bridgehead atoms. The van der Waals surface area contributed by atoms with Gasteiger partial charge in [-0.15, -0.1) is 5.10 Å². The Bertz CT molecular complexity index is 1430. The number of anilines is 1. The maximum Gasteiger partial charge on any atom is 0.251 e. The molecule has 0 atom stereocenters. The van der Waals surface area contributed by atoms with E-state index in [-0.39, 0.29) is 5.56 Å². The molecule has 0 amide bonds. The van der Waals surface area contributed by atoms with Crippen molar-refractivity contribution in [3.8, 4) is 28.8 Å². The van der Waals surface area contributed by atoms with E-state index in [1.54, 1.807) is 32.7 Å². The zero-order chi connectivity index (χ0) is 26.5. The largest absolute Gasteiger partial charge is 0.490 e. The standard InChI is InChI=1S/C27H28FN7O3/c1-36-11-12-38-21-13-22(26-23(14-29)27(28)32-35(26)18-21)20-4-5-24(30-16-20)34-9-7-33(8-10-34)17-19-3-6-25(37-2)31-15-19/h3-6,13,15-16,18H,7-12,17H2,1-2H3. The van der Waals surface area contributed by atoms with E-state index in [4.69, 9.17) is 19.2 Å². The second kappa shape index (κ2) is 11.4. The van der Waals surface area contributed by atoms with Crippen molar-refractivity contribution in [1.29, 1.82) is 5.26 Å². The quantitative estimate of drug-likeness (QED) is 0.310. The first kappa shape index (κ1) is 25.4. The number of aromatic nitrogens is 4. The van der Waals surface area contributed by atoms with Crippen molar-refractivity contribution >= 4 is 11.3 Å². The van der Waals surface area contributed by atoms with Crippen LogP contribution in [0.5, 0.6) is 11.6 Å². The van der Waals surface area contributed by atoms with E-state index in [9.17, 15) is 9.65 Å². The van der Waals surface area contributed by atoms with Crippen molar-refractivity contribution in [1.82, 2.24) is 24.5 Å². The molecule has 11 heteroatoms. The number of fused-ring (bicyclic) bond motifs is 1. The summed E-state index contributed by atoms with van der Waals surface area (Å²) in [7, 11) is 3.20. The average molecular weight is 518 g/mol. The van der Waals surface area contributed by atoms with E-state index < -0.39 is 5.95 Å². The Morgan fingerprint density at radius 1 is 1.03 bits per heavy atom. The minimum absolute atomic E-state index is 0.115. The SMILES string of the molecule is COCCOc1cc(-c2ccc(N3CCN(Cc4ccc(OC)nc4)CC3)nc2)c2c(C#N)c(F)nn2c1. The number of hydrogen-bond donors (Lipinski definition) is 0. The van der Waals surface area contributed by atoms with Crippen LogP contribution in [0.1, 0.15) is 11.1 Å². The topological polar surface area (TPSA) is 101 Å². The lowest BCUT2D eigenvalue weighted by Gasteiger charge is -2.35. The Labute approximate surface area is 219 Å². The molecule has 0 aliphatic carbocycles. The van der Waals surface area contributed by atoms with E-state index in [1.807, 2.05) is 36.5 Å². The van der Waals surface area contributed by atoms with Crippen molar-refractivity contribution < 1.29 is 18.6 Å². The molecular formula is C27H28FN7O3. The van der Waals surface area contributed by atoms with E-state index in [1.165, 1.54) is 4.52 Å². The van der Waals surface area contributed by atoms with Gasteiger partial charge in [0.05, 0.1) is 25.4 Å². The maximum absolute atomic E-state index is 14.4. The highest BCUT2D eigenvalue weighted by molar-refractivity contribution is 5.85. The monoisotopic (exact) mass is 517 g/mol. The number of rotatable bonds is 9. The number of methoxy groups -OCH3 is 2. The van der Waals surface area contributed by atoms with Crippen LogP contribution in [-0.4, -0.2) is 78.1 Å². The van der Waals surface area contributed by atoms with Crippen molar-refractivity contribution in [2.75, 3.05) is 58.5 Å². The van der Waals surface area contributed by atoms with Crippen LogP contribution in [0, 0.1) is 17.3 Å².